The maximum atomic E-state index is 14.3. The highest BCUT2D eigenvalue weighted by Crippen LogP contribution is 2.37. The van der Waals surface area contributed by atoms with Crippen LogP contribution in [0.3, 0.4) is 0 Å². The molecule has 202 valence electrons. The first kappa shape index (κ1) is 27.0. The van der Waals surface area contributed by atoms with Crippen LogP contribution in [0.5, 0.6) is 0 Å². The number of aromatic nitrogens is 3. The zero-order valence-corrected chi connectivity index (χ0v) is 21.9. The Kier molecular flexibility index (Phi) is 7.35. The number of nitrogens with zero attached hydrogens (tertiary/aromatic N) is 4. The lowest BCUT2D eigenvalue weighted by atomic mass is 10.0. The maximum Gasteiger partial charge on any atom is 0.410 e. The third-order valence-electron chi connectivity index (χ3n) is 5.70. The van der Waals surface area contributed by atoms with Gasteiger partial charge in [-0.3, -0.25) is 14.8 Å². The maximum absolute atomic E-state index is 14.3. The Morgan fingerprint density at radius 2 is 1.87 bits per heavy atom. The normalized spacial score (nSPS) is 15.4. The smallest absolute Gasteiger partial charge is 0.410 e. The first-order valence-electron chi connectivity index (χ1n) is 11.6. The topological polar surface area (TPSA) is 139 Å². The number of anilines is 2. The molecule has 1 aliphatic rings. The van der Waals surface area contributed by atoms with Gasteiger partial charge in [0, 0.05) is 26.1 Å². The van der Waals surface area contributed by atoms with E-state index in [2.05, 4.69) is 20.7 Å². The van der Waals surface area contributed by atoms with Gasteiger partial charge in [-0.25, -0.2) is 23.4 Å². The molecule has 38 heavy (non-hydrogen) atoms. The van der Waals surface area contributed by atoms with Crippen molar-refractivity contribution in [1.29, 1.82) is 0 Å². The van der Waals surface area contributed by atoms with E-state index in [1.165, 1.54) is 12.3 Å². The summed E-state index contributed by atoms with van der Waals surface area (Å²) in [6.45, 7) is 6.15. The Balaban J connectivity index is 1.59. The van der Waals surface area contributed by atoms with Gasteiger partial charge in [0.1, 0.15) is 27.2 Å². The summed E-state index contributed by atoms with van der Waals surface area (Å²) in [6, 6.07) is 3.25. The summed E-state index contributed by atoms with van der Waals surface area (Å²) in [6.07, 6.45) is 0.115. The van der Waals surface area contributed by atoms with Crippen molar-refractivity contribution in [2.45, 2.75) is 38.7 Å². The lowest BCUT2D eigenvalue weighted by Gasteiger charge is -2.24. The number of likely N-dealkylation sites (tertiary alicyclic amines) is 1. The van der Waals surface area contributed by atoms with Crippen molar-refractivity contribution in [1.82, 2.24) is 19.7 Å². The van der Waals surface area contributed by atoms with Crippen LogP contribution in [0.25, 0.3) is 10.6 Å². The predicted octanol–water partition coefficient (Wildman–Crippen LogP) is 4.89. The summed E-state index contributed by atoms with van der Waals surface area (Å²) in [7, 11) is 1.69. The van der Waals surface area contributed by atoms with E-state index in [0.29, 0.717) is 42.2 Å². The highest BCUT2D eigenvalue weighted by atomic mass is 32.1. The molecule has 14 heteroatoms. The lowest BCUT2D eigenvalue weighted by molar-refractivity contribution is 0.0292. The van der Waals surface area contributed by atoms with Gasteiger partial charge in [0.15, 0.2) is 5.69 Å². The molecule has 1 aliphatic heterocycles. The van der Waals surface area contributed by atoms with Crippen LogP contribution in [-0.4, -0.2) is 61.6 Å². The van der Waals surface area contributed by atoms with Crippen molar-refractivity contribution in [3.8, 4) is 10.6 Å². The number of ether oxygens (including phenoxy) is 1. The zero-order chi connectivity index (χ0) is 27.8. The van der Waals surface area contributed by atoms with Crippen LogP contribution < -0.4 is 10.6 Å². The minimum absolute atomic E-state index is 0.166. The van der Waals surface area contributed by atoms with Crippen LogP contribution in [0.15, 0.2) is 24.4 Å². The highest BCUT2D eigenvalue weighted by Gasteiger charge is 2.34. The number of rotatable bonds is 5. The number of carboxylic acid groups (broad SMARTS) is 1. The third kappa shape index (κ3) is 5.74. The molecule has 0 radical (unpaired) electrons. The fourth-order valence-electron chi connectivity index (χ4n) is 4.15. The van der Waals surface area contributed by atoms with E-state index in [9.17, 15) is 28.3 Å². The van der Waals surface area contributed by atoms with E-state index < -0.39 is 40.9 Å². The van der Waals surface area contributed by atoms with E-state index in [-0.39, 0.29) is 21.6 Å². The van der Waals surface area contributed by atoms with Gasteiger partial charge in [-0.1, -0.05) is 17.4 Å². The van der Waals surface area contributed by atoms with Crippen molar-refractivity contribution in [3.05, 3.63) is 47.4 Å². The second-order valence-electron chi connectivity index (χ2n) is 9.66. The molecule has 1 saturated heterocycles. The van der Waals surface area contributed by atoms with Gasteiger partial charge in [0.2, 0.25) is 0 Å². The molecule has 0 saturated carbocycles. The SMILES string of the molecule is Cn1ncc(NC(=O)c2nc(-c3c(F)cccc3F)sc2NC(=O)O)c1C1CCN(C(=O)OC(C)(C)C)C1. The fourth-order valence-corrected chi connectivity index (χ4v) is 5.15. The minimum atomic E-state index is -1.47. The van der Waals surface area contributed by atoms with Crippen LogP contribution in [0.4, 0.5) is 29.1 Å². The largest absolute Gasteiger partial charge is 0.465 e. The summed E-state index contributed by atoms with van der Waals surface area (Å²) in [4.78, 5) is 42.7. The van der Waals surface area contributed by atoms with Crippen molar-refractivity contribution in [2.75, 3.05) is 23.7 Å². The number of hydrogen-bond acceptors (Lipinski definition) is 7. The average Bonchev–Trinajstić information content (AvgIpc) is 3.51. The van der Waals surface area contributed by atoms with E-state index in [4.69, 9.17) is 4.74 Å². The van der Waals surface area contributed by atoms with Gasteiger partial charge in [-0.15, -0.1) is 0 Å². The van der Waals surface area contributed by atoms with Crippen molar-refractivity contribution < 1.29 is 33.0 Å². The van der Waals surface area contributed by atoms with Crippen LogP contribution in [0.1, 0.15) is 49.3 Å². The Hall–Kier alpha value is -4.07. The first-order chi connectivity index (χ1) is 17.8. The Bertz CT molecular complexity index is 1380. The molecular formula is C24H26F2N6O5S. The molecule has 1 aromatic carbocycles. The van der Waals surface area contributed by atoms with Crippen molar-refractivity contribution >= 4 is 40.1 Å². The summed E-state index contributed by atoms with van der Waals surface area (Å²) < 4.78 is 35.7. The first-order valence-corrected chi connectivity index (χ1v) is 12.4. The molecule has 3 aromatic rings. The highest BCUT2D eigenvalue weighted by molar-refractivity contribution is 7.19. The molecule has 4 rings (SSSR count). The summed E-state index contributed by atoms with van der Waals surface area (Å²) in [5.41, 5.74) is -0.485. The molecule has 0 spiro atoms. The number of aryl methyl sites for hydroxylation is 1. The fraction of sp³-hybridized carbons (Fsp3) is 0.375. The van der Waals surface area contributed by atoms with Crippen molar-refractivity contribution in [2.24, 2.45) is 7.05 Å². The Labute approximate surface area is 220 Å². The molecule has 3 N–H and O–H groups in total. The van der Waals surface area contributed by atoms with Crippen molar-refractivity contribution in [3.63, 3.8) is 0 Å². The van der Waals surface area contributed by atoms with Gasteiger partial charge in [0.25, 0.3) is 5.91 Å². The zero-order valence-electron chi connectivity index (χ0n) is 21.0. The number of amides is 3. The molecule has 0 aliphatic carbocycles. The number of halogens is 2. The van der Waals surface area contributed by atoms with Crippen LogP contribution >= 0.6 is 11.3 Å². The second kappa shape index (κ2) is 10.4. The second-order valence-corrected chi connectivity index (χ2v) is 10.7. The molecule has 1 unspecified atom stereocenters. The molecule has 0 bridgehead atoms. The molecule has 3 heterocycles. The van der Waals surface area contributed by atoms with Gasteiger partial charge < -0.3 is 20.1 Å². The van der Waals surface area contributed by atoms with Crippen LogP contribution in [-0.2, 0) is 11.8 Å². The molecule has 11 nitrogen and oxygen atoms in total. The van der Waals surface area contributed by atoms with E-state index in [1.807, 2.05) is 0 Å². The number of carbonyl (C=O) groups excluding carboxylic acids is 2. The third-order valence-corrected chi connectivity index (χ3v) is 6.69. The molecular weight excluding hydrogens is 522 g/mol. The standard InChI is InChI=1S/C24H26F2N6O5S/c1-24(2,3)37-23(36)32-9-8-12(11-32)18-15(10-27-31(18)4)28-19(33)17-21(30-22(34)35)38-20(29-17)16-13(25)6-5-7-14(16)26/h5-7,10,12,30H,8-9,11H2,1-4H3,(H,28,33)(H,34,35). The van der Waals surface area contributed by atoms with E-state index in [1.54, 1.807) is 37.4 Å². The van der Waals surface area contributed by atoms with Gasteiger partial charge in [-0.05, 0) is 39.3 Å². The lowest BCUT2D eigenvalue weighted by Crippen LogP contribution is -2.35. The minimum Gasteiger partial charge on any atom is -0.465 e. The van der Waals surface area contributed by atoms with Gasteiger partial charge in [-0.2, -0.15) is 5.10 Å². The number of nitrogens with one attached hydrogen (secondary N) is 2. The van der Waals surface area contributed by atoms with Crippen LogP contribution in [0.2, 0.25) is 0 Å². The summed E-state index contributed by atoms with van der Waals surface area (Å²) >= 11 is 0.628. The van der Waals surface area contributed by atoms with Gasteiger partial charge in [0.05, 0.1) is 23.1 Å². The van der Waals surface area contributed by atoms with Gasteiger partial charge >= 0.3 is 12.2 Å². The number of benzene rings is 1. The van der Waals surface area contributed by atoms with E-state index >= 15 is 0 Å². The average molecular weight is 549 g/mol. The van der Waals surface area contributed by atoms with E-state index in [0.717, 1.165) is 12.1 Å². The monoisotopic (exact) mass is 548 g/mol. The molecule has 2 aromatic heterocycles. The molecule has 3 amide bonds. The number of carbonyl (C=O) groups is 3. The molecule has 1 fully saturated rings. The quantitative estimate of drug-likeness (QED) is 0.413. The summed E-state index contributed by atoms with van der Waals surface area (Å²) in [5, 5.41) is 17.8. The Morgan fingerprint density at radius 3 is 2.50 bits per heavy atom. The number of hydrogen-bond donors (Lipinski definition) is 3. The van der Waals surface area contributed by atoms with Crippen LogP contribution in [0, 0.1) is 11.6 Å². The molecule has 1 atom stereocenters. The number of thiazole rings is 1. The summed E-state index contributed by atoms with van der Waals surface area (Å²) in [5.74, 6) is -2.78. The predicted molar refractivity (Wildman–Crippen MR) is 135 cm³/mol. The Morgan fingerprint density at radius 1 is 1.18 bits per heavy atom.